The number of carbonyl (C=O) groups is 2. The van der Waals surface area contributed by atoms with E-state index in [4.69, 9.17) is 9.47 Å². The first kappa shape index (κ1) is 17.1. The maximum atomic E-state index is 12.1. The first-order chi connectivity index (χ1) is 12.2. The van der Waals surface area contributed by atoms with Crippen molar-refractivity contribution in [3.8, 4) is 5.75 Å². The minimum Gasteiger partial charge on any atom is -0.492 e. The number of urea groups is 1. The van der Waals surface area contributed by atoms with E-state index in [0.717, 1.165) is 5.00 Å². The van der Waals surface area contributed by atoms with Gasteiger partial charge in [-0.25, -0.2) is 9.59 Å². The number of thiophene rings is 1. The molecule has 1 aliphatic heterocycles. The van der Waals surface area contributed by atoms with Gasteiger partial charge in [0.15, 0.2) is 0 Å². The highest BCUT2D eigenvalue weighted by Crippen LogP contribution is 2.26. The Morgan fingerprint density at radius 1 is 1.36 bits per heavy atom. The van der Waals surface area contributed by atoms with E-state index in [1.165, 1.54) is 11.3 Å². The molecular formula is C17H19N3O4S. The molecule has 0 radical (unpaired) electrons. The number of rotatable bonds is 6. The second kappa shape index (κ2) is 7.89. The maximum Gasteiger partial charge on any atom is 0.415 e. The highest BCUT2D eigenvalue weighted by atomic mass is 32.1. The summed E-state index contributed by atoms with van der Waals surface area (Å²) in [7, 11) is 0. The molecule has 25 heavy (non-hydrogen) atoms. The van der Waals surface area contributed by atoms with Gasteiger partial charge in [-0.3, -0.25) is 4.90 Å². The van der Waals surface area contributed by atoms with E-state index in [0.29, 0.717) is 24.6 Å². The molecule has 1 fully saturated rings. The molecule has 7 nitrogen and oxygen atoms in total. The molecule has 1 saturated heterocycles. The second-order valence-corrected chi connectivity index (χ2v) is 6.26. The van der Waals surface area contributed by atoms with Crippen LogP contribution >= 0.6 is 11.3 Å². The van der Waals surface area contributed by atoms with Gasteiger partial charge in [-0.2, -0.15) is 0 Å². The number of benzene rings is 1. The molecule has 1 aromatic heterocycles. The first-order valence-corrected chi connectivity index (χ1v) is 8.83. The van der Waals surface area contributed by atoms with E-state index in [-0.39, 0.29) is 18.7 Å². The molecule has 132 valence electrons. The van der Waals surface area contributed by atoms with Crippen molar-refractivity contribution < 1.29 is 19.1 Å². The highest BCUT2D eigenvalue weighted by Gasteiger charge is 2.32. The van der Waals surface area contributed by atoms with E-state index in [1.807, 2.05) is 36.6 Å². The van der Waals surface area contributed by atoms with E-state index in [2.05, 4.69) is 10.6 Å². The van der Waals surface area contributed by atoms with Gasteiger partial charge in [-0.05, 0) is 36.6 Å². The van der Waals surface area contributed by atoms with Crippen molar-refractivity contribution in [2.75, 3.05) is 29.9 Å². The number of nitrogens with zero attached hydrogens (tertiary/aromatic N) is 1. The van der Waals surface area contributed by atoms with Gasteiger partial charge in [0, 0.05) is 0 Å². The zero-order chi connectivity index (χ0) is 17.6. The third-order valence-electron chi connectivity index (χ3n) is 3.57. The highest BCUT2D eigenvalue weighted by molar-refractivity contribution is 7.14. The van der Waals surface area contributed by atoms with Crippen LogP contribution in [-0.2, 0) is 4.74 Å². The fourth-order valence-electron chi connectivity index (χ4n) is 2.46. The molecule has 0 bridgehead atoms. The van der Waals surface area contributed by atoms with Crippen LogP contribution in [0.3, 0.4) is 0 Å². The van der Waals surface area contributed by atoms with E-state index >= 15 is 0 Å². The van der Waals surface area contributed by atoms with Crippen LogP contribution in [0.1, 0.15) is 6.92 Å². The Labute approximate surface area is 149 Å². The average Bonchev–Trinajstić information content (AvgIpc) is 3.24. The fraction of sp³-hybridized carbons (Fsp3) is 0.294. The van der Waals surface area contributed by atoms with Gasteiger partial charge in [0.25, 0.3) is 0 Å². The number of hydrogen-bond donors (Lipinski definition) is 2. The van der Waals surface area contributed by atoms with Crippen LogP contribution in [-0.4, -0.2) is 37.9 Å². The minimum atomic E-state index is -0.392. The number of nitrogens with one attached hydrogen (secondary N) is 2. The number of hydrogen-bond acceptors (Lipinski definition) is 5. The third kappa shape index (κ3) is 4.21. The molecule has 2 heterocycles. The third-order valence-corrected chi connectivity index (χ3v) is 4.46. The normalized spacial score (nSPS) is 16.4. The molecule has 3 rings (SSSR count). The summed E-state index contributed by atoms with van der Waals surface area (Å²) in [4.78, 5) is 25.6. The van der Waals surface area contributed by atoms with Gasteiger partial charge in [0.05, 0.1) is 25.4 Å². The van der Waals surface area contributed by atoms with Crippen LogP contribution in [0, 0.1) is 0 Å². The Bertz CT molecular complexity index is 735. The molecule has 0 spiro atoms. The SMILES string of the molecule is CCOc1ccccc1NC(=O)NCC1CN(c2cccs2)C(=O)O1. The Hall–Kier alpha value is -2.74. The van der Waals surface area contributed by atoms with Gasteiger partial charge < -0.3 is 20.1 Å². The Morgan fingerprint density at radius 3 is 2.96 bits per heavy atom. The molecule has 0 saturated carbocycles. The van der Waals surface area contributed by atoms with Gasteiger partial charge in [0.1, 0.15) is 16.9 Å². The predicted octanol–water partition coefficient (Wildman–Crippen LogP) is 3.29. The maximum absolute atomic E-state index is 12.1. The molecule has 1 aromatic carbocycles. The fourth-order valence-corrected chi connectivity index (χ4v) is 3.19. The summed E-state index contributed by atoms with van der Waals surface area (Å²) in [5, 5.41) is 8.20. The van der Waals surface area contributed by atoms with Crippen molar-refractivity contribution in [2.24, 2.45) is 0 Å². The zero-order valence-electron chi connectivity index (χ0n) is 13.7. The lowest BCUT2D eigenvalue weighted by Gasteiger charge is -2.13. The topological polar surface area (TPSA) is 79.9 Å². The number of ether oxygens (including phenoxy) is 2. The lowest BCUT2D eigenvalue weighted by atomic mass is 10.3. The van der Waals surface area contributed by atoms with Gasteiger partial charge in [0.2, 0.25) is 0 Å². The summed E-state index contributed by atoms with van der Waals surface area (Å²) >= 11 is 1.47. The van der Waals surface area contributed by atoms with Crippen molar-refractivity contribution >= 4 is 34.1 Å². The number of cyclic esters (lactones) is 1. The summed E-state index contributed by atoms with van der Waals surface area (Å²) in [5.41, 5.74) is 0.588. The van der Waals surface area contributed by atoms with Crippen molar-refractivity contribution in [1.29, 1.82) is 0 Å². The summed E-state index contributed by atoms with van der Waals surface area (Å²) in [6, 6.07) is 10.6. The number of amides is 3. The quantitative estimate of drug-likeness (QED) is 0.827. The Morgan fingerprint density at radius 2 is 2.20 bits per heavy atom. The molecule has 2 N–H and O–H groups in total. The average molecular weight is 361 g/mol. The Balaban J connectivity index is 1.51. The molecule has 1 atom stereocenters. The van der Waals surface area contributed by atoms with Gasteiger partial charge >= 0.3 is 12.1 Å². The molecule has 1 unspecified atom stereocenters. The van der Waals surface area contributed by atoms with Crippen molar-refractivity contribution in [3.63, 3.8) is 0 Å². The zero-order valence-corrected chi connectivity index (χ0v) is 14.5. The largest absolute Gasteiger partial charge is 0.492 e. The van der Waals surface area contributed by atoms with Gasteiger partial charge in [-0.1, -0.05) is 12.1 Å². The summed E-state index contributed by atoms with van der Waals surface area (Å²) in [6.07, 6.45) is -0.779. The smallest absolute Gasteiger partial charge is 0.415 e. The van der Waals surface area contributed by atoms with Crippen molar-refractivity contribution in [2.45, 2.75) is 13.0 Å². The van der Waals surface area contributed by atoms with Crippen LogP contribution in [0.5, 0.6) is 5.75 Å². The number of carbonyl (C=O) groups excluding carboxylic acids is 2. The van der Waals surface area contributed by atoms with Crippen molar-refractivity contribution in [3.05, 3.63) is 41.8 Å². The van der Waals surface area contributed by atoms with Crippen LogP contribution in [0.15, 0.2) is 41.8 Å². The minimum absolute atomic E-state index is 0.232. The lowest BCUT2D eigenvalue weighted by molar-refractivity contribution is 0.141. The van der Waals surface area contributed by atoms with E-state index in [9.17, 15) is 9.59 Å². The van der Waals surface area contributed by atoms with Crippen LogP contribution in [0.2, 0.25) is 0 Å². The Kier molecular flexibility index (Phi) is 5.39. The summed E-state index contributed by atoms with van der Waals surface area (Å²) < 4.78 is 10.8. The van der Waals surface area contributed by atoms with Crippen LogP contribution in [0.4, 0.5) is 20.3 Å². The summed E-state index contributed by atoms with van der Waals surface area (Å²) in [6.45, 7) is 3.03. The lowest BCUT2D eigenvalue weighted by Crippen LogP contribution is -2.37. The molecule has 2 aromatic rings. The molecule has 8 heteroatoms. The molecular weight excluding hydrogens is 342 g/mol. The number of anilines is 2. The van der Waals surface area contributed by atoms with E-state index in [1.54, 1.807) is 17.0 Å². The second-order valence-electron chi connectivity index (χ2n) is 5.33. The van der Waals surface area contributed by atoms with Crippen molar-refractivity contribution in [1.82, 2.24) is 5.32 Å². The molecule has 3 amide bonds. The predicted molar refractivity (Wildman–Crippen MR) is 96.6 cm³/mol. The molecule has 1 aliphatic rings. The standard InChI is InChI=1S/C17H19N3O4S/c1-2-23-14-7-4-3-6-13(14)19-16(21)18-10-12-11-20(17(22)24-12)15-8-5-9-25-15/h3-9,12H,2,10-11H2,1H3,(H2,18,19,21). The molecule has 0 aliphatic carbocycles. The van der Waals surface area contributed by atoms with Crippen LogP contribution < -0.4 is 20.3 Å². The first-order valence-electron chi connectivity index (χ1n) is 7.95. The monoisotopic (exact) mass is 361 g/mol. The van der Waals surface area contributed by atoms with E-state index < -0.39 is 6.09 Å². The number of para-hydroxylation sites is 2. The van der Waals surface area contributed by atoms with Crippen LogP contribution in [0.25, 0.3) is 0 Å². The summed E-state index contributed by atoms with van der Waals surface area (Å²) in [5.74, 6) is 0.608. The van der Waals surface area contributed by atoms with Gasteiger partial charge in [-0.15, -0.1) is 11.3 Å².